The smallest absolute Gasteiger partial charge is 0.322 e. The van der Waals surface area contributed by atoms with Crippen LogP contribution in [0.4, 0.5) is 4.79 Å². The Hall–Kier alpha value is -4.59. The Labute approximate surface area is 215 Å². The van der Waals surface area contributed by atoms with E-state index in [4.69, 9.17) is 19.0 Å². The maximum atomic E-state index is 13.3. The number of methoxy groups -OCH3 is 1. The van der Waals surface area contributed by atoms with E-state index in [0.717, 1.165) is 39.5 Å². The van der Waals surface area contributed by atoms with Gasteiger partial charge in [-0.05, 0) is 61.4 Å². The summed E-state index contributed by atoms with van der Waals surface area (Å²) in [6, 6.07) is 24.3. The number of amides is 2. The molecule has 8 heteroatoms. The molecule has 4 aromatic rings. The van der Waals surface area contributed by atoms with Gasteiger partial charge in [-0.2, -0.15) is 4.98 Å². The molecule has 5 rings (SSSR count). The van der Waals surface area contributed by atoms with Crippen molar-refractivity contribution in [2.75, 3.05) is 13.7 Å². The van der Waals surface area contributed by atoms with E-state index in [0.29, 0.717) is 24.9 Å². The summed E-state index contributed by atoms with van der Waals surface area (Å²) in [6.45, 7) is 4.81. The van der Waals surface area contributed by atoms with Crippen molar-refractivity contribution < 1.29 is 18.8 Å². The lowest BCUT2D eigenvalue weighted by atomic mass is 9.94. The fourth-order valence-corrected chi connectivity index (χ4v) is 4.41. The fourth-order valence-electron chi connectivity index (χ4n) is 4.41. The molecule has 0 fully saturated rings. The number of benzene rings is 3. The molecule has 1 aliphatic rings. The maximum absolute atomic E-state index is 13.3. The van der Waals surface area contributed by atoms with Crippen LogP contribution >= 0.6 is 0 Å². The Morgan fingerprint density at radius 2 is 1.78 bits per heavy atom. The number of allylic oxidation sites excluding steroid dienone is 1. The molecule has 0 bridgehead atoms. The molecule has 1 unspecified atom stereocenters. The van der Waals surface area contributed by atoms with Crippen LogP contribution in [0.15, 0.2) is 89.1 Å². The average Bonchev–Trinajstić information content (AvgIpc) is 3.41. The first-order chi connectivity index (χ1) is 18.1. The average molecular weight is 497 g/mol. The molecule has 8 nitrogen and oxygen atoms in total. The van der Waals surface area contributed by atoms with Gasteiger partial charge in [-0.1, -0.05) is 47.6 Å². The van der Waals surface area contributed by atoms with Crippen LogP contribution in [0.1, 0.15) is 36.9 Å². The lowest BCUT2D eigenvalue weighted by Gasteiger charge is -2.35. The molecule has 0 saturated heterocycles. The Morgan fingerprint density at radius 1 is 1.00 bits per heavy atom. The summed E-state index contributed by atoms with van der Waals surface area (Å²) in [5, 5.41) is 7.38. The number of nitrogens with one attached hydrogen (secondary N) is 1. The molecular weight excluding hydrogens is 468 g/mol. The summed E-state index contributed by atoms with van der Waals surface area (Å²) in [5.41, 5.74) is 4.15. The number of carbonyl (C=O) groups is 1. The highest BCUT2D eigenvalue weighted by molar-refractivity contribution is 5.86. The first kappa shape index (κ1) is 24.1. The summed E-state index contributed by atoms with van der Waals surface area (Å²) in [7, 11) is 1.62. The highest BCUT2D eigenvalue weighted by atomic mass is 16.5. The number of carbonyl (C=O) groups excluding carboxylic acids is 1. The number of hydrogen-bond acceptors (Lipinski definition) is 6. The van der Waals surface area contributed by atoms with Gasteiger partial charge in [0.1, 0.15) is 11.5 Å². The maximum Gasteiger partial charge on any atom is 0.322 e. The molecule has 1 aromatic heterocycles. The van der Waals surface area contributed by atoms with Crippen LogP contribution in [-0.4, -0.2) is 34.8 Å². The molecule has 1 atom stereocenters. The van der Waals surface area contributed by atoms with Gasteiger partial charge in [-0.25, -0.2) is 4.79 Å². The predicted octanol–water partition coefficient (Wildman–Crippen LogP) is 5.84. The quantitative estimate of drug-likeness (QED) is 0.330. The van der Waals surface area contributed by atoms with Gasteiger partial charge in [0.15, 0.2) is 0 Å². The van der Waals surface area contributed by atoms with Crippen molar-refractivity contribution in [3.63, 3.8) is 0 Å². The molecule has 2 heterocycles. The van der Waals surface area contributed by atoms with Crippen molar-refractivity contribution >= 4 is 11.6 Å². The molecule has 0 radical (unpaired) electrons. The molecule has 0 aliphatic carbocycles. The molecule has 0 saturated carbocycles. The Bertz CT molecular complexity index is 1410. The van der Waals surface area contributed by atoms with E-state index in [-0.39, 0.29) is 6.03 Å². The zero-order valence-electron chi connectivity index (χ0n) is 21.0. The molecule has 0 spiro atoms. The van der Waals surface area contributed by atoms with Crippen LogP contribution in [0.5, 0.6) is 11.5 Å². The summed E-state index contributed by atoms with van der Waals surface area (Å²) in [4.78, 5) is 19.7. The summed E-state index contributed by atoms with van der Waals surface area (Å²) in [5.74, 6) is 2.32. The third kappa shape index (κ3) is 5.04. The van der Waals surface area contributed by atoms with Crippen molar-refractivity contribution in [3.8, 4) is 22.9 Å². The Kier molecular flexibility index (Phi) is 6.89. The van der Waals surface area contributed by atoms with Crippen LogP contribution in [-0.2, 0) is 6.54 Å². The van der Waals surface area contributed by atoms with Gasteiger partial charge in [0, 0.05) is 11.3 Å². The van der Waals surface area contributed by atoms with Crippen LogP contribution in [0.2, 0.25) is 0 Å². The Morgan fingerprint density at radius 3 is 2.51 bits per heavy atom. The zero-order chi connectivity index (χ0) is 25.8. The van der Waals surface area contributed by atoms with Gasteiger partial charge in [0.05, 0.1) is 31.9 Å². The monoisotopic (exact) mass is 496 g/mol. The second-order valence-corrected chi connectivity index (χ2v) is 8.61. The molecule has 1 N–H and O–H groups in total. The summed E-state index contributed by atoms with van der Waals surface area (Å²) in [6.07, 6.45) is 0. The zero-order valence-corrected chi connectivity index (χ0v) is 21.0. The van der Waals surface area contributed by atoms with E-state index in [1.54, 1.807) is 12.0 Å². The summed E-state index contributed by atoms with van der Waals surface area (Å²) >= 11 is 0. The lowest BCUT2D eigenvalue weighted by Crippen LogP contribution is -2.45. The largest absolute Gasteiger partial charge is 0.497 e. The number of hydrogen-bond donors (Lipinski definition) is 1. The van der Waals surface area contributed by atoms with E-state index in [2.05, 4.69) is 10.5 Å². The van der Waals surface area contributed by atoms with E-state index >= 15 is 0 Å². The highest BCUT2D eigenvalue weighted by Crippen LogP contribution is 2.38. The number of rotatable bonds is 8. The SMILES string of the molecule is CCOc1ccc(-c2noc(C3=C(C)N(Cc4cccc(OC)c4)C(=O)NC3c3ccccc3)n2)cc1. The Balaban J connectivity index is 1.54. The third-order valence-electron chi connectivity index (χ3n) is 6.28. The van der Waals surface area contributed by atoms with Crippen LogP contribution in [0.25, 0.3) is 17.0 Å². The van der Waals surface area contributed by atoms with E-state index in [1.807, 2.05) is 92.7 Å². The number of nitrogens with zero attached hydrogens (tertiary/aromatic N) is 3. The van der Waals surface area contributed by atoms with Gasteiger partial charge in [0.25, 0.3) is 5.89 Å². The van der Waals surface area contributed by atoms with Crippen molar-refractivity contribution in [2.24, 2.45) is 0 Å². The first-order valence-corrected chi connectivity index (χ1v) is 12.1. The molecule has 37 heavy (non-hydrogen) atoms. The normalized spacial score (nSPS) is 15.5. The van der Waals surface area contributed by atoms with Gasteiger partial charge < -0.3 is 19.3 Å². The molecule has 2 amide bonds. The molecular formula is C29H28N4O4. The van der Waals surface area contributed by atoms with Crippen molar-refractivity contribution in [3.05, 3.63) is 102 Å². The van der Waals surface area contributed by atoms with E-state index in [9.17, 15) is 4.79 Å². The van der Waals surface area contributed by atoms with Crippen molar-refractivity contribution in [2.45, 2.75) is 26.4 Å². The molecule has 188 valence electrons. The minimum Gasteiger partial charge on any atom is -0.497 e. The topological polar surface area (TPSA) is 89.7 Å². The van der Waals surface area contributed by atoms with Gasteiger partial charge in [-0.3, -0.25) is 4.90 Å². The third-order valence-corrected chi connectivity index (χ3v) is 6.28. The lowest BCUT2D eigenvalue weighted by molar-refractivity contribution is 0.203. The predicted molar refractivity (Wildman–Crippen MR) is 140 cm³/mol. The van der Waals surface area contributed by atoms with Gasteiger partial charge >= 0.3 is 6.03 Å². The summed E-state index contributed by atoms with van der Waals surface area (Å²) < 4.78 is 16.7. The van der Waals surface area contributed by atoms with Crippen molar-refractivity contribution in [1.29, 1.82) is 0 Å². The van der Waals surface area contributed by atoms with Crippen LogP contribution in [0, 0.1) is 0 Å². The molecule has 3 aromatic carbocycles. The van der Waals surface area contributed by atoms with Crippen LogP contribution < -0.4 is 14.8 Å². The van der Waals surface area contributed by atoms with Gasteiger partial charge in [0.2, 0.25) is 5.82 Å². The standard InChI is InChI=1S/C29H28N4O4/c1-4-36-23-15-13-22(14-16-23)27-31-28(37-32-27)25-19(2)33(18-20-9-8-12-24(17-20)35-3)29(34)30-26(25)21-10-6-5-7-11-21/h5-17,26H,4,18H2,1-3H3,(H,30,34). The van der Waals surface area contributed by atoms with Crippen molar-refractivity contribution in [1.82, 2.24) is 20.4 Å². The van der Waals surface area contributed by atoms with E-state index < -0.39 is 6.04 Å². The highest BCUT2D eigenvalue weighted by Gasteiger charge is 2.35. The minimum absolute atomic E-state index is 0.204. The van der Waals surface area contributed by atoms with E-state index in [1.165, 1.54) is 0 Å². The number of ether oxygens (including phenoxy) is 2. The minimum atomic E-state index is -0.441. The first-order valence-electron chi connectivity index (χ1n) is 12.1. The fraction of sp³-hybridized carbons (Fsp3) is 0.207. The van der Waals surface area contributed by atoms with Gasteiger partial charge in [-0.15, -0.1) is 0 Å². The van der Waals surface area contributed by atoms with Crippen LogP contribution in [0.3, 0.4) is 0 Å². The number of aromatic nitrogens is 2. The second-order valence-electron chi connectivity index (χ2n) is 8.61. The molecule has 1 aliphatic heterocycles. The number of urea groups is 1. The second kappa shape index (κ2) is 10.6.